The lowest BCUT2D eigenvalue weighted by atomic mass is 10.1. The van der Waals surface area contributed by atoms with Crippen molar-refractivity contribution < 1.29 is 19.2 Å². The lowest BCUT2D eigenvalue weighted by molar-refractivity contribution is -0.142. The summed E-state index contributed by atoms with van der Waals surface area (Å²) in [7, 11) is 1.39. The number of oxime groups is 1. The number of carbonyl (C=O) groups is 2. The van der Waals surface area contributed by atoms with E-state index in [9.17, 15) is 9.59 Å². The molecule has 0 amide bonds. The van der Waals surface area contributed by atoms with E-state index in [0.717, 1.165) is 11.3 Å². The van der Waals surface area contributed by atoms with Gasteiger partial charge in [-0.05, 0) is 51.5 Å². The molecule has 1 atom stereocenters. The first-order chi connectivity index (χ1) is 11.3. The van der Waals surface area contributed by atoms with Crippen LogP contribution in [0.25, 0.3) is 6.08 Å². The second-order valence-electron chi connectivity index (χ2n) is 5.91. The molecule has 2 rings (SSSR count). The standard InChI is InChI=1S/C18H22N2O4/c1-11(2)20(13(4)17(21)23-5)15-8-6-14(7-9-15)10-16-12(3)19-24-18(16)22/h6-11,13H,1-5H3. The smallest absolute Gasteiger partial charge is 0.367 e. The lowest BCUT2D eigenvalue weighted by Gasteiger charge is -2.33. The Morgan fingerprint density at radius 2 is 1.88 bits per heavy atom. The van der Waals surface area contributed by atoms with Gasteiger partial charge < -0.3 is 14.5 Å². The summed E-state index contributed by atoms with van der Waals surface area (Å²) in [5, 5.41) is 3.65. The van der Waals surface area contributed by atoms with Crippen molar-refractivity contribution in [2.24, 2.45) is 5.16 Å². The Balaban J connectivity index is 2.27. The van der Waals surface area contributed by atoms with Crippen LogP contribution in [0.4, 0.5) is 5.69 Å². The van der Waals surface area contributed by atoms with Crippen molar-refractivity contribution in [2.75, 3.05) is 12.0 Å². The molecule has 1 aliphatic heterocycles. The highest BCUT2D eigenvalue weighted by molar-refractivity contribution is 6.24. The zero-order chi connectivity index (χ0) is 17.9. The number of nitrogens with zero attached hydrogens (tertiary/aromatic N) is 2. The predicted octanol–water partition coefficient (Wildman–Crippen LogP) is 2.78. The minimum absolute atomic E-state index is 0.127. The maximum atomic E-state index is 11.9. The van der Waals surface area contributed by atoms with Crippen molar-refractivity contribution >= 4 is 29.4 Å². The van der Waals surface area contributed by atoms with Crippen LogP contribution < -0.4 is 4.90 Å². The third-order valence-electron chi connectivity index (χ3n) is 3.89. The van der Waals surface area contributed by atoms with Crippen molar-refractivity contribution in [1.29, 1.82) is 0 Å². The van der Waals surface area contributed by atoms with Gasteiger partial charge in [-0.2, -0.15) is 0 Å². The molecule has 0 fully saturated rings. The van der Waals surface area contributed by atoms with Crippen molar-refractivity contribution in [3.63, 3.8) is 0 Å². The van der Waals surface area contributed by atoms with Crippen LogP contribution in [0.2, 0.25) is 0 Å². The Bertz CT molecular complexity index is 689. The Morgan fingerprint density at radius 3 is 2.33 bits per heavy atom. The Labute approximate surface area is 141 Å². The summed E-state index contributed by atoms with van der Waals surface area (Å²) in [6, 6.07) is 7.35. The minimum Gasteiger partial charge on any atom is -0.467 e. The number of anilines is 1. The molecular weight excluding hydrogens is 308 g/mol. The van der Waals surface area contributed by atoms with Crippen LogP contribution in [-0.4, -0.2) is 36.8 Å². The van der Waals surface area contributed by atoms with Crippen LogP contribution in [0.5, 0.6) is 0 Å². The molecule has 6 nitrogen and oxygen atoms in total. The molecule has 1 heterocycles. The number of rotatable bonds is 5. The van der Waals surface area contributed by atoms with Gasteiger partial charge in [0.05, 0.1) is 18.4 Å². The molecule has 0 spiro atoms. The average Bonchev–Trinajstić information content (AvgIpc) is 2.87. The van der Waals surface area contributed by atoms with Gasteiger partial charge in [-0.1, -0.05) is 17.3 Å². The fraction of sp³-hybridized carbons (Fsp3) is 0.389. The van der Waals surface area contributed by atoms with Gasteiger partial charge in [0, 0.05) is 11.7 Å². The van der Waals surface area contributed by atoms with E-state index in [1.54, 1.807) is 13.0 Å². The van der Waals surface area contributed by atoms with Gasteiger partial charge in [0.1, 0.15) is 6.04 Å². The summed E-state index contributed by atoms with van der Waals surface area (Å²) in [5.41, 5.74) is 2.78. The maximum absolute atomic E-state index is 11.9. The molecule has 0 saturated heterocycles. The van der Waals surface area contributed by atoms with Crippen molar-refractivity contribution in [1.82, 2.24) is 0 Å². The largest absolute Gasteiger partial charge is 0.467 e. The van der Waals surface area contributed by atoms with Crippen LogP contribution >= 0.6 is 0 Å². The molecule has 128 valence electrons. The van der Waals surface area contributed by atoms with Crippen molar-refractivity contribution in [2.45, 2.75) is 39.8 Å². The fourth-order valence-electron chi connectivity index (χ4n) is 2.68. The quantitative estimate of drug-likeness (QED) is 0.472. The summed E-state index contributed by atoms with van der Waals surface area (Å²) in [6.07, 6.45) is 1.74. The van der Waals surface area contributed by atoms with Crippen LogP contribution in [0.15, 0.2) is 35.0 Å². The first-order valence-corrected chi connectivity index (χ1v) is 7.79. The Morgan fingerprint density at radius 1 is 1.25 bits per heavy atom. The van der Waals surface area contributed by atoms with Crippen molar-refractivity contribution in [3.8, 4) is 0 Å². The van der Waals surface area contributed by atoms with Gasteiger partial charge >= 0.3 is 11.9 Å². The Hall–Kier alpha value is -2.63. The van der Waals surface area contributed by atoms with E-state index < -0.39 is 12.0 Å². The topological polar surface area (TPSA) is 68.2 Å². The summed E-state index contributed by atoms with van der Waals surface area (Å²) < 4.78 is 4.85. The summed E-state index contributed by atoms with van der Waals surface area (Å²) in [5.74, 6) is -0.727. The molecule has 0 bridgehead atoms. The van der Waals surface area contributed by atoms with E-state index in [0.29, 0.717) is 11.3 Å². The van der Waals surface area contributed by atoms with Gasteiger partial charge in [-0.25, -0.2) is 9.59 Å². The fourth-order valence-corrected chi connectivity index (χ4v) is 2.68. The maximum Gasteiger partial charge on any atom is 0.367 e. The van der Waals surface area contributed by atoms with Gasteiger partial charge in [0.25, 0.3) is 0 Å². The van der Waals surface area contributed by atoms with Crippen LogP contribution in [-0.2, 0) is 19.2 Å². The Kier molecular flexibility index (Phi) is 5.39. The summed E-state index contributed by atoms with van der Waals surface area (Å²) in [4.78, 5) is 30.1. The second kappa shape index (κ2) is 7.29. The molecule has 1 aromatic rings. The predicted molar refractivity (Wildman–Crippen MR) is 92.7 cm³/mol. The monoisotopic (exact) mass is 330 g/mol. The first-order valence-electron chi connectivity index (χ1n) is 7.79. The van der Waals surface area contributed by atoms with E-state index in [4.69, 9.17) is 4.74 Å². The second-order valence-corrected chi connectivity index (χ2v) is 5.91. The average molecular weight is 330 g/mol. The van der Waals surface area contributed by atoms with E-state index in [1.165, 1.54) is 7.11 Å². The van der Waals surface area contributed by atoms with E-state index in [-0.39, 0.29) is 12.0 Å². The lowest BCUT2D eigenvalue weighted by Crippen LogP contribution is -2.44. The molecule has 0 radical (unpaired) electrons. The molecule has 0 aromatic heterocycles. The van der Waals surface area contributed by atoms with Gasteiger partial charge in [-0.3, -0.25) is 0 Å². The number of hydrogen-bond donors (Lipinski definition) is 0. The molecule has 24 heavy (non-hydrogen) atoms. The third kappa shape index (κ3) is 3.64. The number of benzene rings is 1. The highest BCUT2D eigenvalue weighted by Gasteiger charge is 2.25. The van der Waals surface area contributed by atoms with Crippen LogP contribution in [0.1, 0.15) is 33.3 Å². The molecule has 0 aliphatic carbocycles. The molecule has 0 saturated carbocycles. The van der Waals surface area contributed by atoms with E-state index in [1.807, 2.05) is 49.9 Å². The van der Waals surface area contributed by atoms with Crippen molar-refractivity contribution in [3.05, 3.63) is 35.4 Å². The third-order valence-corrected chi connectivity index (χ3v) is 3.89. The SMILES string of the molecule is COC(=O)C(C)N(c1ccc(C=C2C(=O)ON=C2C)cc1)C(C)C. The zero-order valence-electron chi connectivity index (χ0n) is 14.6. The van der Waals surface area contributed by atoms with Crippen LogP contribution in [0.3, 0.4) is 0 Å². The van der Waals surface area contributed by atoms with Gasteiger partial charge in [0.2, 0.25) is 0 Å². The number of carbonyl (C=O) groups excluding carboxylic acids is 2. The normalized spacial score (nSPS) is 16.8. The first kappa shape index (κ1) is 17.7. The molecule has 6 heteroatoms. The minimum atomic E-state index is -0.445. The molecule has 1 unspecified atom stereocenters. The highest BCUT2D eigenvalue weighted by atomic mass is 16.7. The highest BCUT2D eigenvalue weighted by Crippen LogP contribution is 2.23. The number of esters is 1. The zero-order valence-corrected chi connectivity index (χ0v) is 14.6. The molecule has 0 N–H and O–H groups in total. The van der Waals surface area contributed by atoms with Gasteiger partial charge in [0.15, 0.2) is 0 Å². The summed E-state index contributed by atoms with van der Waals surface area (Å²) >= 11 is 0. The number of methoxy groups -OCH3 is 1. The number of hydrogen-bond acceptors (Lipinski definition) is 6. The number of ether oxygens (including phenoxy) is 1. The van der Waals surface area contributed by atoms with E-state index >= 15 is 0 Å². The molecule has 1 aromatic carbocycles. The molecular formula is C18H22N2O4. The molecule has 1 aliphatic rings. The summed E-state index contributed by atoms with van der Waals surface area (Å²) in [6.45, 7) is 7.58. The van der Waals surface area contributed by atoms with Crippen LogP contribution in [0, 0.1) is 0 Å². The van der Waals surface area contributed by atoms with E-state index in [2.05, 4.69) is 9.99 Å². The van der Waals surface area contributed by atoms with Gasteiger partial charge in [-0.15, -0.1) is 0 Å².